The zero-order valence-electron chi connectivity index (χ0n) is 12.7. The van der Waals surface area contributed by atoms with Crippen LogP contribution in [-0.4, -0.2) is 48.5 Å². The quantitative estimate of drug-likeness (QED) is 0.467. The average molecular weight is 303 g/mol. The number of esters is 1. The first kappa shape index (κ1) is 15.9. The summed E-state index contributed by atoms with van der Waals surface area (Å²) in [6.45, 7) is 5.03. The van der Waals surface area contributed by atoms with Crippen LogP contribution in [0.15, 0.2) is 36.9 Å². The molecule has 0 fully saturated rings. The van der Waals surface area contributed by atoms with Crippen molar-refractivity contribution < 1.29 is 23.9 Å². The van der Waals surface area contributed by atoms with E-state index >= 15 is 0 Å². The SMILES string of the molecule is C=C[C@H](OC)[C@](C)(C(=O)OC)N1C(=O)c2ccccc2C1=O. The van der Waals surface area contributed by atoms with Crippen LogP contribution in [0.4, 0.5) is 0 Å². The molecular formula is C16H17NO5. The van der Waals surface area contributed by atoms with Gasteiger partial charge in [-0.25, -0.2) is 4.79 Å². The maximum atomic E-state index is 12.6. The smallest absolute Gasteiger partial charge is 0.335 e. The fraction of sp³-hybridized carbons (Fsp3) is 0.312. The van der Waals surface area contributed by atoms with Gasteiger partial charge in [-0.1, -0.05) is 18.2 Å². The average Bonchev–Trinajstić information content (AvgIpc) is 2.79. The van der Waals surface area contributed by atoms with Crippen molar-refractivity contribution in [2.45, 2.75) is 18.6 Å². The standard InChI is InChI=1S/C16H17NO5/c1-5-12(21-3)16(2,15(20)22-4)17-13(18)10-8-6-7-9-11(10)14(17)19/h5-9,12H,1H2,2-4H3/t12-,16+/m0/s1. The number of carbonyl (C=O) groups excluding carboxylic acids is 3. The molecule has 0 unspecified atom stereocenters. The third-order valence-corrected chi connectivity index (χ3v) is 3.88. The van der Waals surface area contributed by atoms with Gasteiger partial charge in [0.05, 0.1) is 18.2 Å². The molecule has 1 heterocycles. The number of methoxy groups -OCH3 is 2. The Morgan fingerprint density at radius 1 is 1.23 bits per heavy atom. The summed E-state index contributed by atoms with van der Waals surface area (Å²) in [6, 6.07) is 6.40. The minimum Gasteiger partial charge on any atom is -0.467 e. The van der Waals surface area contributed by atoms with Crippen molar-refractivity contribution in [2.75, 3.05) is 14.2 Å². The number of amides is 2. The molecule has 2 rings (SSSR count). The second-order valence-corrected chi connectivity index (χ2v) is 5.02. The van der Waals surface area contributed by atoms with Gasteiger partial charge in [0.25, 0.3) is 11.8 Å². The lowest BCUT2D eigenvalue weighted by atomic mass is 9.92. The number of imide groups is 1. The van der Waals surface area contributed by atoms with Gasteiger partial charge in [0.2, 0.25) is 0 Å². The van der Waals surface area contributed by atoms with Crippen LogP contribution in [0.25, 0.3) is 0 Å². The summed E-state index contributed by atoms with van der Waals surface area (Å²) in [5.74, 6) is -1.87. The molecule has 2 atom stereocenters. The molecule has 116 valence electrons. The van der Waals surface area contributed by atoms with Crippen LogP contribution < -0.4 is 0 Å². The predicted molar refractivity (Wildman–Crippen MR) is 78.4 cm³/mol. The van der Waals surface area contributed by atoms with Gasteiger partial charge in [-0.15, -0.1) is 6.58 Å². The van der Waals surface area contributed by atoms with Gasteiger partial charge in [0, 0.05) is 7.11 Å². The third-order valence-electron chi connectivity index (χ3n) is 3.88. The van der Waals surface area contributed by atoms with Gasteiger partial charge < -0.3 is 9.47 Å². The second kappa shape index (κ2) is 5.73. The van der Waals surface area contributed by atoms with E-state index in [2.05, 4.69) is 6.58 Å². The largest absolute Gasteiger partial charge is 0.467 e. The first-order chi connectivity index (χ1) is 10.4. The molecule has 6 nitrogen and oxygen atoms in total. The van der Waals surface area contributed by atoms with Crippen molar-refractivity contribution in [1.29, 1.82) is 0 Å². The number of fused-ring (bicyclic) bond motifs is 1. The highest BCUT2D eigenvalue weighted by molar-refractivity contribution is 6.23. The van der Waals surface area contributed by atoms with Gasteiger partial charge >= 0.3 is 5.97 Å². The Morgan fingerprint density at radius 3 is 2.09 bits per heavy atom. The lowest BCUT2D eigenvalue weighted by molar-refractivity contribution is -0.157. The molecular weight excluding hydrogens is 286 g/mol. The monoisotopic (exact) mass is 303 g/mol. The van der Waals surface area contributed by atoms with E-state index in [1.54, 1.807) is 24.3 Å². The molecule has 6 heteroatoms. The van der Waals surface area contributed by atoms with E-state index in [0.29, 0.717) is 0 Å². The van der Waals surface area contributed by atoms with Crippen molar-refractivity contribution in [1.82, 2.24) is 4.90 Å². The number of carbonyl (C=O) groups is 3. The Balaban J connectivity index is 2.60. The van der Waals surface area contributed by atoms with Crippen LogP contribution >= 0.6 is 0 Å². The summed E-state index contributed by atoms with van der Waals surface area (Å²) < 4.78 is 10.0. The predicted octanol–water partition coefficient (Wildman–Crippen LogP) is 1.42. The van der Waals surface area contributed by atoms with Crippen LogP contribution in [0.1, 0.15) is 27.6 Å². The van der Waals surface area contributed by atoms with Gasteiger partial charge in [0.15, 0.2) is 5.54 Å². The first-order valence-electron chi connectivity index (χ1n) is 6.65. The lowest BCUT2D eigenvalue weighted by Gasteiger charge is -2.38. The second-order valence-electron chi connectivity index (χ2n) is 5.02. The number of hydrogen-bond acceptors (Lipinski definition) is 5. The summed E-state index contributed by atoms with van der Waals surface area (Å²) in [5, 5.41) is 0. The highest BCUT2D eigenvalue weighted by Crippen LogP contribution is 2.33. The summed E-state index contributed by atoms with van der Waals surface area (Å²) in [6.07, 6.45) is 0.461. The summed E-state index contributed by atoms with van der Waals surface area (Å²) in [5.41, 5.74) is -1.14. The van der Waals surface area contributed by atoms with E-state index in [1.807, 2.05) is 0 Å². The molecule has 1 aromatic rings. The van der Waals surface area contributed by atoms with E-state index in [0.717, 1.165) is 4.90 Å². The van der Waals surface area contributed by atoms with Gasteiger partial charge in [-0.3, -0.25) is 14.5 Å². The molecule has 1 aromatic carbocycles. The zero-order chi connectivity index (χ0) is 16.5. The van der Waals surface area contributed by atoms with Crippen molar-refractivity contribution in [3.05, 3.63) is 48.0 Å². The molecule has 1 aliphatic heterocycles. The number of ether oxygens (including phenoxy) is 2. The first-order valence-corrected chi connectivity index (χ1v) is 6.65. The van der Waals surface area contributed by atoms with Gasteiger partial charge in [-0.2, -0.15) is 0 Å². The van der Waals surface area contributed by atoms with Crippen LogP contribution in [0.3, 0.4) is 0 Å². The zero-order valence-corrected chi connectivity index (χ0v) is 12.7. The Bertz CT molecular complexity index is 619. The highest BCUT2D eigenvalue weighted by Gasteiger charge is 2.55. The Hall–Kier alpha value is -2.47. The molecule has 0 N–H and O–H groups in total. The Morgan fingerprint density at radius 2 is 1.73 bits per heavy atom. The maximum absolute atomic E-state index is 12.6. The van der Waals surface area contributed by atoms with E-state index in [1.165, 1.54) is 27.2 Å². The van der Waals surface area contributed by atoms with E-state index in [-0.39, 0.29) is 11.1 Å². The van der Waals surface area contributed by atoms with E-state index in [4.69, 9.17) is 9.47 Å². The van der Waals surface area contributed by atoms with Crippen LogP contribution in [-0.2, 0) is 14.3 Å². The molecule has 22 heavy (non-hydrogen) atoms. The number of nitrogens with zero attached hydrogens (tertiary/aromatic N) is 1. The van der Waals surface area contributed by atoms with Crippen LogP contribution in [0, 0.1) is 0 Å². The van der Waals surface area contributed by atoms with Gasteiger partial charge in [-0.05, 0) is 19.1 Å². The lowest BCUT2D eigenvalue weighted by Crippen LogP contribution is -2.62. The van der Waals surface area contributed by atoms with Crippen molar-refractivity contribution >= 4 is 17.8 Å². The van der Waals surface area contributed by atoms with Crippen molar-refractivity contribution in [3.8, 4) is 0 Å². The minimum atomic E-state index is -1.64. The Kier molecular flexibility index (Phi) is 4.14. The van der Waals surface area contributed by atoms with E-state index < -0.39 is 29.4 Å². The third kappa shape index (κ3) is 2.03. The fourth-order valence-corrected chi connectivity index (χ4v) is 2.71. The maximum Gasteiger partial charge on any atom is 0.335 e. The molecule has 0 aromatic heterocycles. The number of hydrogen-bond donors (Lipinski definition) is 0. The highest BCUT2D eigenvalue weighted by atomic mass is 16.5. The van der Waals surface area contributed by atoms with Gasteiger partial charge in [0.1, 0.15) is 6.10 Å². The molecule has 0 aliphatic carbocycles. The topological polar surface area (TPSA) is 72.9 Å². The molecule has 0 spiro atoms. The van der Waals surface area contributed by atoms with Crippen LogP contribution in [0.5, 0.6) is 0 Å². The minimum absolute atomic E-state index is 0.251. The molecule has 2 amide bonds. The fourth-order valence-electron chi connectivity index (χ4n) is 2.71. The number of benzene rings is 1. The van der Waals surface area contributed by atoms with E-state index in [9.17, 15) is 14.4 Å². The summed E-state index contributed by atoms with van der Waals surface area (Å²) >= 11 is 0. The molecule has 1 aliphatic rings. The van der Waals surface area contributed by atoms with Crippen molar-refractivity contribution in [3.63, 3.8) is 0 Å². The normalized spacial score (nSPS) is 17.7. The van der Waals surface area contributed by atoms with Crippen LogP contribution in [0.2, 0.25) is 0 Å². The molecule has 0 saturated carbocycles. The Labute approximate surface area is 128 Å². The summed E-state index contributed by atoms with van der Waals surface area (Å²) in [4.78, 5) is 38.5. The summed E-state index contributed by atoms with van der Waals surface area (Å²) in [7, 11) is 2.56. The number of rotatable bonds is 5. The molecule has 0 radical (unpaired) electrons. The molecule has 0 saturated heterocycles. The molecule has 0 bridgehead atoms. The van der Waals surface area contributed by atoms with Crippen molar-refractivity contribution in [2.24, 2.45) is 0 Å².